The monoisotopic (exact) mass is 241 g/mol. The van der Waals surface area contributed by atoms with Gasteiger partial charge >= 0.3 is 5.97 Å². The van der Waals surface area contributed by atoms with Crippen molar-refractivity contribution in [3.8, 4) is 0 Å². The Morgan fingerprint density at radius 1 is 1.06 bits per heavy atom. The summed E-state index contributed by atoms with van der Waals surface area (Å²) in [6.07, 6.45) is 5.96. The normalized spacial score (nSPS) is 14.0. The molecule has 0 bridgehead atoms. The van der Waals surface area contributed by atoms with Crippen LogP contribution in [-0.2, 0) is 4.79 Å². The molecule has 0 saturated heterocycles. The van der Waals surface area contributed by atoms with Crippen LogP contribution >= 0.6 is 0 Å². The minimum Gasteiger partial charge on any atom is -0.478 e. The zero-order valence-corrected chi connectivity index (χ0v) is 9.46. The lowest BCUT2D eigenvalue weighted by Crippen LogP contribution is -2.13. The summed E-state index contributed by atoms with van der Waals surface area (Å²) in [5, 5.41) is 11.8. The number of carboxylic acids is 1. The number of nitrogens with one attached hydrogen (secondary N) is 1. The molecule has 0 fully saturated rings. The lowest BCUT2D eigenvalue weighted by molar-refractivity contribution is -0.132. The van der Waals surface area contributed by atoms with E-state index in [0.717, 1.165) is 0 Å². The average molecular weight is 241 g/mol. The summed E-state index contributed by atoms with van der Waals surface area (Å²) in [5.74, 6) is -1.45. The molecule has 0 atom stereocenters. The second-order valence-corrected chi connectivity index (χ2v) is 3.66. The van der Waals surface area contributed by atoms with Crippen molar-refractivity contribution in [1.29, 1.82) is 0 Å². The van der Waals surface area contributed by atoms with E-state index in [0.29, 0.717) is 5.56 Å². The standard InChI is InChI=1S/C14H11NO3/c16-13(10-5-2-1-3-6-10)11-7-4-8-15-9-12(11)14(17)18/h1-9,15H,(H,17,18). The third-order valence-corrected chi connectivity index (χ3v) is 2.48. The van der Waals surface area contributed by atoms with Gasteiger partial charge in [0.2, 0.25) is 0 Å². The quantitative estimate of drug-likeness (QED) is 0.793. The smallest absolute Gasteiger partial charge is 0.337 e. The summed E-state index contributed by atoms with van der Waals surface area (Å²) >= 11 is 0. The van der Waals surface area contributed by atoms with Gasteiger partial charge in [0.1, 0.15) is 0 Å². The van der Waals surface area contributed by atoms with Crippen molar-refractivity contribution in [2.24, 2.45) is 0 Å². The number of carbonyl (C=O) groups excluding carboxylic acids is 1. The molecule has 4 nitrogen and oxygen atoms in total. The van der Waals surface area contributed by atoms with Crippen molar-refractivity contribution in [3.63, 3.8) is 0 Å². The molecule has 1 aliphatic heterocycles. The van der Waals surface area contributed by atoms with Crippen molar-refractivity contribution >= 4 is 11.8 Å². The molecule has 90 valence electrons. The van der Waals surface area contributed by atoms with Crippen LogP contribution in [0.1, 0.15) is 10.4 Å². The number of carbonyl (C=O) groups is 2. The average Bonchev–Trinajstić information content (AvgIpc) is 2.64. The third-order valence-electron chi connectivity index (χ3n) is 2.48. The molecule has 1 aromatic rings. The third kappa shape index (κ3) is 2.38. The van der Waals surface area contributed by atoms with E-state index in [2.05, 4.69) is 5.32 Å². The van der Waals surface area contributed by atoms with Crippen LogP contribution in [0.25, 0.3) is 0 Å². The van der Waals surface area contributed by atoms with E-state index < -0.39 is 5.97 Å². The minimum atomic E-state index is -1.14. The molecule has 2 N–H and O–H groups in total. The molecule has 1 aromatic carbocycles. The molecule has 0 spiro atoms. The van der Waals surface area contributed by atoms with Gasteiger partial charge in [-0.15, -0.1) is 0 Å². The highest BCUT2D eigenvalue weighted by atomic mass is 16.4. The van der Waals surface area contributed by atoms with Crippen LogP contribution in [-0.4, -0.2) is 16.9 Å². The van der Waals surface area contributed by atoms with E-state index in [1.54, 1.807) is 42.6 Å². The largest absolute Gasteiger partial charge is 0.478 e. The van der Waals surface area contributed by atoms with E-state index in [4.69, 9.17) is 5.11 Å². The Balaban J connectivity index is 2.42. The SMILES string of the molecule is O=C(O)C1=CNC=CC=C1C(=O)c1ccccc1. The number of allylic oxidation sites excluding steroid dienone is 2. The molecule has 1 heterocycles. The maximum absolute atomic E-state index is 12.2. The predicted molar refractivity (Wildman–Crippen MR) is 66.9 cm³/mol. The second-order valence-electron chi connectivity index (χ2n) is 3.66. The van der Waals surface area contributed by atoms with Gasteiger partial charge in [-0.05, 0) is 12.2 Å². The highest BCUT2D eigenvalue weighted by molar-refractivity contribution is 6.17. The predicted octanol–water partition coefficient (Wildman–Crippen LogP) is 1.88. The Bertz CT molecular complexity index is 568. The fraction of sp³-hybridized carbons (Fsp3) is 0. The fourth-order valence-corrected chi connectivity index (χ4v) is 1.62. The molecular formula is C14H11NO3. The zero-order chi connectivity index (χ0) is 13.0. The van der Waals surface area contributed by atoms with Crippen LogP contribution in [0.2, 0.25) is 0 Å². The molecule has 0 radical (unpaired) electrons. The van der Waals surface area contributed by atoms with Gasteiger partial charge in [0.25, 0.3) is 0 Å². The minimum absolute atomic E-state index is 0.0474. The summed E-state index contributed by atoms with van der Waals surface area (Å²) < 4.78 is 0. The molecule has 0 saturated carbocycles. The number of ketones is 1. The van der Waals surface area contributed by atoms with E-state index in [9.17, 15) is 9.59 Å². The molecule has 1 aliphatic rings. The Morgan fingerprint density at radius 3 is 2.44 bits per heavy atom. The number of Topliss-reactive ketones (excluding diaryl/α,β-unsaturated/α-hetero) is 1. The Labute approximate surface area is 104 Å². The van der Waals surface area contributed by atoms with Gasteiger partial charge in [-0.2, -0.15) is 0 Å². The van der Waals surface area contributed by atoms with E-state index in [1.165, 1.54) is 12.3 Å². The molecular weight excluding hydrogens is 230 g/mol. The number of carboxylic acid groups (broad SMARTS) is 1. The van der Waals surface area contributed by atoms with Gasteiger partial charge < -0.3 is 10.4 Å². The molecule has 0 aliphatic carbocycles. The highest BCUT2D eigenvalue weighted by Crippen LogP contribution is 2.18. The fourth-order valence-electron chi connectivity index (χ4n) is 1.62. The first-order valence-electron chi connectivity index (χ1n) is 5.36. The van der Waals surface area contributed by atoms with Crippen molar-refractivity contribution in [2.75, 3.05) is 0 Å². The van der Waals surface area contributed by atoms with E-state index in [-0.39, 0.29) is 16.9 Å². The molecule has 4 heteroatoms. The molecule has 18 heavy (non-hydrogen) atoms. The summed E-state index contributed by atoms with van der Waals surface area (Å²) in [4.78, 5) is 23.4. The van der Waals surface area contributed by atoms with Crippen molar-refractivity contribution in [2.45, 2.75) is 0 Å². The molecule has 0 unspecified atom stereocenters. The summed E-state index contributed by atoms with van der Waals surface area (Å²) in [6.45, 7) is 0. The van der Waals surface area contributed by atoms with Gasteiger partial charge in [-0.3, -0.25) is 4.79 Å². The van der Waals surface area contributed by atoms with Crippen LogP contribution in [0.4, 0.5) is 0 Å². The maximum atomic E-state index is 12.2. The van der Waals surface area contributed by atoms with Crippen molar-refractivity contribution in [1.82, 2.24) is 5.32 Å². The zero-order valence-electron chi connectivity index (χ0n) is 9.46. The van der Waals surface area contributed by atoms with Gasteiger partial charge in [0.05, 0.1) is 5.57 Å². The first-order chi connectivity index (χ1) is 8.70. The van der Waals surface area contributed by atoms with Crippen LogP contribution in [0.5, 0.6) is 0 Å². The maximum Gasteiger partial charge on any atom is 0.337 e. The van der Waals surface area contributed by atoms with Crippen molar-refractivity contribution in [3.05, 3.63) is 71.6 Å². The lowest BCUT2D eigenvalue weighted by atomic mass is 9.97. The van der Waals surface area contributed by atoms with Crippen LogP contribution in [0.15, 0.2) is 66.0 Å². The van der Waals surface area contributed by atoms with Crippen LogP contribution < -0.4 is 5.32 Å². The number of hydrogen-bond donors (Lipinski definition) is 2. The second kappa shape index (κ2) is 5.14. The van der Waals surface area contributed by atoms with Crippen molar-refractivity contribution < 1.29 is 14.7 Å². The van der Waals surface area contributed by atoms with Gasteiger partial charge in [0, 0.05) is 23.5 Å². The van der Waals surface area contributed by atoms with E-state index in [1.807, 2.05) is 0 Å². The number of benzene rings is 1. The molecule has 0 aromatic heterocycles. The van der Waals surface area contributed by atoms with Gasteiger partial charge in [-0.25, -0.2) is 4.79 Å². The van der Waals surface area contributed by atoms with E-state index >= 15 is 0 Å². The summed E-state index contributed by atoms with van der Waals surface area (Å²) in [5.41, 5.74) is 0.579. The van der Waals surface area contributed by atoms with Gasteiger partial charge in [0.15, 0.2) is 5.78 Å². The number of hydrogen-bond acceptors (Lipinski definition) is 3. The Kier molecular flexibility index (Phi) is 3.38. The lowest BCUT2D eigenvalue weighted by Gasteiger charge is -2.06. The van der Waals surface area contributed by atoms with Crippen LogP contribution in [0.3, 0.4) is 0 Å². The number of aliphatic carboxylic acids is 1. The Hall–Kier alpha value is -2.62. The molecule has 0 amide bonds. The first kappa shape index (κ1) is 11.9. The summed E-state index contributed by atoms with van der Waals surface area (Å²) in [6, 6.07) is 8.59. The first-order valence-corrected chi connectivity index (χ1v) is 5.36. The topological polar surface area (TPSA) is 66.4 Å². The number of rotatable bonds is 3. The van der Waals surface area contributed by atoms with Crippen LogP contribution in [0, 0.1) is 0 Å². The Morgan fingerprint density at radius 2 is 1.78 bits per heavy atom. The summed E-state index contributed by atoms with van der Waals surface area (Å²) in [7, 11) is 0. The molecule has 2 rings (SSSR count). The van der Waals surface area contributed by atoms with Gasteiger partial charge in [-0.1, -0.05) is 30.3 Å². The highest BCUT2D eigenvalue weighted by Gasteiger charge is 2.21.